The number of nitrogens with one attached hydrogen (secondary N) is 1. The second-order valence-electron chi connectivity index (χ2n) is 3.62. The third-order valence-electron chi connectivity index (χ3n) is 2.58. The molecular formula is C10H15N3. The average molecular weight is 177 g/mol. The van der Waals surface area contributed by atoms with E-state index in [1.54, 1.807) is 0 Å². The van der Waals surface area contributed by atoms with Crippen molar-refractivity contribution in [3.05, 3.63) is 23.5 Å². The standard InChI is InChI=1S/C10H15N3/c1-8-2-3-10(13-12-8)9-4-6-11-7-5-9/h2-3,9,11H,4-7H2,1H3. The summed E-state index contributed by atoms with van der Waals surface area (Å²) in [7, 11) is 0. The van der Waals surface area contributed by atoms with Crippen LogP contribution in [0.3, 0.4) is 0 Å². The average Bonchev–Trinajstić information content (AvgIpc) is 2.20. The minimum absolute atomic E-state index is 0.620. The second-order valence-corrected chi connectivity index (χ2v) is 3.62. The van der Waals surface area contributed by atoms with Gasteiger partial charge >= 0.3 is 0 Å². The van der Waals surface area contributed by atoms with Crippen LogP contribution < -0.4 is 5.32 Å². The van der Waals surface area contributed by atoms with E-state index in [0.717, 1.165) is 24.5 Å². The van der Waals surface area contributed by atoms with Crippen molar-refractivity contribution < 1.29 is 0 Å². The molecule has 0 radical (unpaired) electrons. The molecule has 0 amide bonds. The van der Waals surface area contributed by atoms with Gasteiger partial charge in [0.25, 0.3) is 0 Å². The van der Waals surface area contributed by atoms with Gasteiger partial charge in [-0.05, 0) is 45.0 Å². The first-order chi connectivity index (χ1) is 6.36. The lowest BCUT2D eigenvalue weighted by Gasteiger charge is -2.21. The number of aryl methyl sites for hydroxylation is 1. The fraction of sp³-hybridized carbons (Fsp3) is 0.600. The zero-order valence-electron chi connectivity index (χ0n) is 7.95. The highest BCUT2D eigenvalue weighted by molar-refractivity contribution is 5.10. The van der Waals surface area contributed by atoms with E-state index in [0.29, 0.717) is 5.92 Å². The van der Waals surface area contributed by atoms with Crippen molar-refractivity contribution in [1.29, 1.82) is 0 Å². The predicted molar refractivity (Wildman–Crippen MR) is 51.6 cm³/mol. The molecule has 0 atom stereocenters. The van der Waals surface area contributed by atoms with E-state index < -0.39 is 0 Å². The zero-order valence-corrected chi connectivity index (χ0v) is 7.95. The summed E-state index contributed by atoms with van der Waals surface area (Å²) in [5.41, 5.74) is 2.16. The Bertz CT molecular complexity index is 262. The molecule has 3 heteroatoms. The summed E-state index contributed by atoms with van der Waals surface area (Å²) in [5, 5.41) is 11.7. The Morgan fingerprint density at radius 1 is 1.23 bits per heavy atom. The monoisotopic (exact) mass is 177 g/mol. The van der Waals surface area contributed by atoms with Crippen LogP contribution in [0.2, 0.25) is 0 Å². The van der Waals surface area contributed by atoms with Gasteiger partial charge in [-0.25, -0.2) is 0 Å². The Morgan fingerprint density at radius 2 is 2.00 bits per heavy atom. The first-order valence-corrected chi connectivity index (χ1v) is 4.87. The molecule has 1 aromatic rings. The maximum atomic E-state index is 4.22. The van der Waals surface area contributed by atoms with E-state index in [4.69, 9.17) is 0 Å². The first-order valence-electron chi connectivity index (χ1n) is 4.87. The molecule has 1 N–H and O–H groups in total. The van der Waals surface area contributed by atoms with Gasteiger partial charge in [0.05, 0.1) is 11.4 Å². The van der Waals surface area contributed by atoms with E-state index in [1.807, 2.05) is 13.0 Å². The third kappa shape index (κ3) is 2.04. The van der Waals surface area contributed by atoms with Gasteiger partial charge in [0, 0.05) is 5.92 Å². The van der Waals surface area contributed by atoms with Gasteiger partial charge in [0.1, 0.15) is 0 Å². The lowest BCUT2D eigenvalue weighted by molar-refractivity contribution is 0.450. The molecule has 0 aromatic carbocycles. The van der Waals surface area contributed by atoms with Crippen LogP contribution >= 0.6 is 0 Å². The summed E-state index contributed by atoms with van der Waals surface area (Å²) in [6, 6.07) is 4.16. The van der Waals surface area contributed by atoms with Crippen molar-refractivity contribution in [2.24, 2.45) is 0 Å². The molecule has 13 heavy (non-hydrogen) atoms. The SMILES string of the molecule is Cc1ccc(C2CCNCC2)nn1. The predicted octanol–water partition coefficient (Wildman–Crippen LogP) is 1.25. The van der Waals surface area contributed by atoms with Gasteiger partial charge in [-0.15, -0.1) is 0 Å². The van der Waals surface area contributed by atoms with Crippen LogP contribution in [0.5, 0.6) is 0 Å². The molecule has 0 bridgehead atoms. The molecule has 1 aliphatic heterocycles. The van der Waals surface area contributed by atoms with Crippen LogP contribution in [-0.2, 0) is 0 Å². The van der Waals surface area contributed by atoms with E-state index in [1.165, 1.54) is 12.8 Å². The Morgan fingerprint density at radius 3 is 2.62 bits per heavy atom. The van der Waals surface area contributed by atoms with Gasteiger partial charge in [0.15, 0.2) is 0 Å². The molecule has 70 valence electrons. The number of hydrogen-bond acceptors (Lipinski definition) is 3. The van der Waals surface area contributed by atoms with Crippen LogP contribution in [0, 0.1) is 6.92 Å². The third-order valence-corrected chi connectivity index (χ3v) is 2.58. The summed E-state index contributed by atoms with van der Waals surface area (Å²) in [6.07, 6.45) is 2.38. The molecule has 2 rings (SSSR count). The van der Waals surface area contributed by atoms with Crippen molar-refractivity contribution >= 4 is 0 Å². The minimum Gasteiger partial charge on any atom is -0.317 e. The second kappa shape index (κ2) is 3.83. The number of hydrogen-bond donors (Lipinski definition) is 1. The molecule has 1 aromatic heterocycles. The first kappa shape index (κ1) is 8.63. The fourth-order valence-corrected chi connectivity index (χ4v) is 1.74. The highest BCUT2D eigenvalue weighted by Crippen LogP contribution is 2.22. The highest BCUT2D eigenvalue weighted by Gasteiger charge is 2.16. The zero-order chi connectivity index (χ0) is 9.10. The lowest BCUT2D eigenvalue weighted by atomic mass is 9.94. The molecule has 2 heterocycles. The minimum atomic E-state index is 0.620. The lowest BCUT2D eigenvalue weighted by Crippen LogP contribution is -2.27. The van der Waals surface area contributed by atoms with Crippen LogP contribution in [0.4, 0.5) is 0 Å². The van der Waals surface area contributed by atoms with Crippen LogP contribution in [0.1, 0.15) is 30.1 Å². The van der Waals surface area contributed by atoms with Gasteiger partial charge < -0.3 is 5.32 Å². The van der Waals surface area contributed by atoms with Crippen molar-refractivity contribution in [3.8, 4) is 0 Å². The summed E-state index contributed by atoms with van der Waals surface area (Å²) in [4.78, 5) is 0. The number of rotatable bonds is 1. The normalized spacial score (nSPS) is 18.8. The van der Waals surface area contributed by atoms with Gasteiger partial charge in [0.2, 0.25) is 0 Å². The summed E-state index contributed by atoms with van der Waals surface area (Å²) in [6.45, 7) is 4.19. The van der Waals surface area contributed by atoms with E-state index in [-0.39, 0.29) is 0 Å². The molecule has 1 aliphatic rings. The molecular weight excluding hydrogens is 162 g/mol. The maximum Gasteiger partial charge on any atom is 0.0663 e. The van der Waals surface area contributed by atoms with Crippen molar-refractivity contribution in [3.63, 3.8) is 0 Å². The Balaban J connectivity index is 2.10. The summed E-state index contributed by atoms with van der Waals surface area (Å²) in [5.74, 6) is 0.620. The Hall–Kier alpha value is -0.960. The molecule has 0 spiro atoms. The number of nitrogens with zero attached hydrogens (tertiary/aromatic N) is 2. The molecule has 3 nitrogen and oxygen atoms in total. The quantitative estimate of drug-likeness (QED) is 0.701. The Labute approximate surface area is 78.6 Å². The van der Waals surface area contributed by atoms with E-state index in [9.17, 15) is 0 Å². The number of piperidine rings is 1. The topological polar surface area (TPSA) is 37.8 Å². The number of aromatic nitrogens is 2. The summed E-state index contributed by atoms with van der Waals surface area (Å²) < 4.78 is 0. The van der Waals surface area contributed by atoms with Crippen molar-refractivity contribution in [2.45, 2.75) is 25.7 Å². The van der Waals surface area contributed by atoms with Crippen LogP contribution in [-0.4, -0.2) is 23.3 Å². The largest absolute Gasteiger partial charge is 0.317 e. The fourth-order valence-electron chi connectivity index (χ4n) is 1.74. The van der Waals surface area contributed by atoms with Gasteiger partial charge in [-0.3, -0.25) is 0 Å². The molecule has 0 unspecified atom stereocenters. The van der Waals surface area contributed by atoms with Crippen LogP contribution in [0.15, 0.2) is 12.1 Å². The highest BCUT2D eigenvalue weighted by atomic mass is 15.1. The smallest absolute Gasteiger partial charge is 0.0663 e. The van der Waals surface area contributed by atoms with Crippen molar-refractivity contribution in [1.82, 2.24) is 15.5 Å². The molecule has 0 saturated carbocycles. The molecule has 1 fully saturated rings. The van der Waals surface area contributed by atoms with Gasteiger partial charge in [-0.1, -0.05) is 0 Å². The molecule has 1 saturated heterocycles. The summed E-state index contributed by atoms with van der Waals surface area (Å²) >= 11 is 0. The van der Waals surface area contributed by atoms with E-state index in [2.05, 4.69) is 21.6 Å². The van der Waals surface area contributed by atoms with E-state index >= 15 is 0 Å². The molecule has 0 aliphatic carbocycles. The van der Waals surface area contributed by atoms with Crippen LogP contribution in [0.25, 0.3) is 0 Å². The Kier molecular flexibility index (Phi) is 2.54. The van der Waals surface area contributed by atoms with Crippen molar-refractivity contribution in [2.75, 3.05) is 13.1 Å². The van der Waals surface area contributed by atoms with Gasteiger partial charge in [-0.2, -0.15) is 10.2 Å². The maximum absolute atomic E-state index is 4.22.